The predicted octanol–water partition coefficient (Wildman–Crippen LogP) is 4.07. The van der Waals surface area contributed by atoms with E-state index >= 15 is 0 Å². The maximum absolute atomic E-state index is 13.4. The fraction of sp³-hybridized carbons (Fsp3) is 0.179. The average Bonchev–Trinajstić information content (AvgIpc) is 3.66. The third-order valence-corrected chi connectivity index (χ3v) is 7.15. The topological polar surface area (TPSA) is 121 Å². The summed E-state index contributed by atoms with van der Waals surface area (Å²) in [6, 6.07) is 22.0. The number of hydrogen-bond donors (Lipinski definition) is 3. The lowest BCUT2D eigenvalue weighted by Gasteiger charge is -2.17. The summed E-state index contributed by atoms with van der Waals surface area (Å²) in [6.07, 6.45) is 1.65. The fourth-order valence-corrected chi connectivity index (χ4v) is 4.90. The Morgan fingerprint density at radius 3 is 2.44 bits per heavy atom. The summed E-state index contributed by atoms with van der Waals surface area (Å²) in [5.74, 6) is 0.409. The van der Waals surface area contributed by atoms with Crippen LogP contribution in [0.3, 0.4) is 0 Å². The summed E-state index contributed by atoms with van der Waals surface area (Å²) < 4.78 is 1.43. The molecule has 0 aliphatic carbocycles. The second-order valence-electron chi connectivity index (χ2n) is 9.11. The molecule has 0 unspecified atom stereocenters. The van der Waals surface area contributed by atoms with Crippen molar-refractivity contribution in [2.75, 3.05) is 24.7 Å². The minimum Gasteiger partial charge on any atom is -0.379 e. The predicted molar refractivity (Wildman–Crippen MR) is 153 cm³/mol. The van der Waals surface area contributed by atoms with E-state index in [0.29, 0.717) is 30.3 Å². The summed E-state index contributed by atoms with van der Waals surface area (Å²) >= 11 is 1.56. The van der Waals surface area contributed by atoms with Crippen molar-refractivity contribution >= 4 is 28.6 Å². The molecule has 0 bridgehead atoms. The molecule has 2 aromatic carbocycles. The summed E-state index contributed by atoms with van der Waals surface area (Å²) in [4.78, 5) is 28.1. The third kappa shape index (κ3) is 6.04. The number of aromatic amines is 1. The number of nitrogens with one attached hydrogen (secondary N) is 3. The molecule has 5 aromatic rings. The van der Waals surface area contributed by atoms with Crippen molar-refractivity contribution < 1.29 is 4.79 Å². The zero-order valence-electron chi connectivity index (χ0n) is 21.6. The van der Waals surface area contributed by atoms with E-state index in [1.54, 1.807) is 31.6 Å². The molecule has 0 atom stereocenters. The second-order valence-corrected chi connectivity index (χ2v) is 10.0. The zero-order chi connectivity index (χ0) is 27.2. The van der Waals surface area contributed by atoms with Gasteiger partial charge >= 0.3 is 0 Å². The molecule has 3 heterocycles. The highest BCUT2D eigenvalue weighted by Gasteiger charge is 2.15. The van der Waals surface area contributed by atoms with Gasteiger partial charge in [0, 0.05) is 38.9 Å². The molecule has 0 aliphatic rings. The Bertz CT molecular complexity index is 1590. The number of amides is 1. The molecule has 1 amide bonds. The number of pyridine rings is 1. The first-order valence-corrected chi connectivity index (χ1v) is 13.2. The van der Waals surface area contributed by atoms with Gasteiger partial charge in [-0.05, 0) is 39.4 Å². The van der Waals surface area contributed by atoms with Crippen LogP contribution in [0.2, 0.25) is 0 Å². The highest BCUT2D eigenvalue weighted by Crippen LogP contribution is 2.34. The van der Waals surface area contributed by atoms with Crippen molar-refractivity contribution in [1.82, 2.24) is 30.1 Å². The van der Waals surface area contributed by atoms with Gasteiger partial charge in [0.15, 0.2) is 0 Å². The van der Waals surface area contributed by atoms with E-state index in [0.717, 1.165) is 27.1 Å². The SMILES string of the molecule is CN(C)C(=O)Cn1ccc(NCc2ccccc2)c(NCc2ccc(-c3ccsc3-c3nn[nH]n3)cc2)c1=O. The van der Waals surface area contributed by atoms with Gasteiger partial charge in [-0.15, -0.1) is 21.5 Å². The first-order valence-electron chi connectivity index (χ1n) is 12.4. The number of benzene rings is 2. The molecular formula is C28H28N8O2S. The van der Waals surface area contributed by atoms with Crippen LogP contribution in [0.4, 0.5) is 11.4 Å². The Hall–Kier alpha value is -4.77. The van der Waals surface area contributed by atoms with Gasteiger partial charge in [-0.3, -0.25) is 9.59 Å². The van der Waals surface area contributed by atoms with E-state index in [1.165, 1.54) is 9.47 Å². The number of H-pyrrole nitrogens is 1. The first-order chi connectivity index (χ1) is 19.0. The van der Waals surface area contributed by atoms with Gasteiger partial charge in [0.05, 0.1) is 10.6 Å². The number of nitrogens with zero attached hydrogens (tertiary/aromatic N) is 5. The number of thiophene rings is 1. The van der Waals surface area contributed by atoms with Crippen molar-refractivity contribution in [3.63, 3.8) is 0 Å². The van der Waals surface area contributed by atoms with Gasteiger partial charge in [-0.2, -0.15) is 5.21 Å². The Labute approximate surface area is 229 Å². The molecule has 0 fully saturated rings. The second kappa shape index (κ2) is 11.7. The number of carbonyl (C=O) groups is 1. The molecule has 0 saturated heterocycles. The van der Waals surface area contributed by atoms with Crippen molar-refractivity contribution in [3.8, 4) is 21.8 Å². The number of anilines is 2. The summed E-state index contributed by atoms with van der Waals surface area (Å²) in [6.45, 7) is 0.966. The standard InChI is InChI=1S/C28H28N8O2S/c1-35(2)24(37)18-36-14-12-23(29-16-19-6-4-3-5-7-19)25(28(36)38)30-17-20-8-10-21(11-9-20)22-13-15-39-26(22)27-31-33-34-32-27/h3-15,29-30H,16-18H2,1-2H3,(H,31,32,33,34). The monoisotopic (exact) mass is 540 g/mol. The van der Waals surface area contributed by atoms with Gasteiger partial charge in [-0.1, -0.05) is 54.6 Å². The molecule has 0 aliphatic heterocycles. The lowest BCUT2D eigenvalue weighted by Crippen LogP contribution is -2.32. The average molecular weight is 541 g/mol. The van der Waals surface area contributed by atoms with Gasteiger partial charge < -0.3 is 20.1 Å². The van der Waals surface area contributed by atoms with Gasteiger partial charge in [0.25, 0.3) is 5.56 Å². The van der Waals surface area contributed by atoms with Crippen molar-refractivity contribution in [1.29, 1.82) is 0 Å². The van der Waals surface area contributed by atoms with E-state index in [4.69, 9.17) is 0 Å². The van der Waals surface area contributed by atoms with E-state index in [9.17, 15) is 9.59 Å². The minimum absolute atomic E-state index is 0.0302. The van der Waals surface area contributed by atoms with E-state index < -0.39 is 0 Å². The van der Waals surface area contributed by atoms with Crippen LogP contribution in [-0.2, 0) is 24.4 Å². The largest absolute Gasteiger partial charge is 0.379 e. The number of hydrogen-bond acceptors (Lipinski definition) is 8. The van der Waals surface area contributed by atoms with Crippen LogP contribution in [0.25, 0.3) is 21.8 Å². The van der Waals surface area contributed by atoms with E-state index in [2.05, 4.69) is 31.3 Å². The maximum atomic E-state index is 13.4. The molecule has 0 radical (unpaired) electrons. The van der Waals surface area contributed by atoms with Crippen LogP contribution in [0.15, 0.2) is 83.1 Å². The Morgan fingerprint density at radius 1 is 0.974 bits per heavy atom. The van der Waals surface area contributed by atoms with Crippen LogP contribution in [-0.4, -0.2) is 50.1 Å². The van der Waals surface area contributed by atoms with Crippen molar-refractivity contribution in [3.05, 3.63) is 99.8 Å². The Kier molecular flexibility index (Phi) is 7.78. The lowest BCUT2D eigenvalue weighted by molar-refractivity contribution is -0.129. The number of tetrazole rings is 1. The number of carbonyl (C=O) groups excluding carboxylic acids is 1. The molecule has 39 heavy (non-hydrogen) atoms. The molecule has 10 nitrogen and oxygen atoms in total. The van der Waals surface area contributed by atoms with Crippen LogP contribution in [0.5, 0.6) is 0 Å². The van der Waals surface area contributed by atoms with Crippen LogP contribution in [0.1, 0.15) is 11.1 Å². The smallest absolute Gasteiger partial charge is 0.276 e. The molecule has 198 valence electrons. The summed E-state index contributed by atoms with van der Waals surface area (Å²) in [5.41, 5.74) is 5.00. The van der Waals surface area contributed by atoms with Crippen LogP contribution < -0.4 is 16.2 Å². The van der Waals surface area contributed by atoms with Gasteiger partial charge in [0.1, 0.15) is 12.2 Å². The minimum atomic E-state index is -0.261. The molecule has 3 N–H and O–H groups in total. The molecule has 11 heteroatoms. The quantitative estimate of drug-likeness (QED) is 0.244. The fourth-order valence-electron chi connectivity index (χ4n) is 4.06. The molecule has 0 spiro atoms. The van der Waals surface area contributed by atoms with Crippen molar-refractivity contribution in [2.24, 2.45) is 0 Å². The normalized spacial score (nSPS) is 10.8. The third-order valence-electron chi connectivity index (χ3n) is 6.24. The summed E-state index contributed by atoms with van der Waals surface area (Å²) in [7, 11) is 3.35. The van der Waals surface area contributed by atoms with Crippen LogP contribution >= 0.6 is 11.3 Å². The van der Waals surface area contributed by atoms with E-state index in [1.807, 2.05) is 72.1 Å². The van der Waals surface area contributed by atoms with Crippen LogP contribution in [0, 0.1) is 0 Å². The Morgan fingerprint density at radius 2 is 1.72 bits per heavy atom. The Balaban J connectivity index is 1.36. The molecule has 0 saturated carbocycles. The molecular weight excluding hydrogens is 512 g/mol. The molecule has 3 aromatic heterocycles. The first kappa shape index (κ1) is 25.9. The van der Waals surface area contributed by atoms with Crippen molar-refractivity contribution in [2.45, 2.75) is 19.6 Å². The number of rotatable bonds is 10. The summed E-state index contributed by atoms with van der Waals surface area (Å²) in [5, 5.41) is 23.1. The highest BCUT2D eigenvalue weighted by atomic mass is 32.1. The molecule has 5 rings (SSSR count). The highest BCUT2D eigenvalue weighted by molar-refractivity contribution is 7.14. The van der Waals surface area contributed by atoms with Gasteiger partial charge in [0.2, 0.25) is 11.7 Å². The lowest BCUT2D eigenvalue weighted by atomic mass is 10.0. The number of likely N-dealkylation sites (N-methyl/N-ethyl adjacent to an activating group) is 1. The van der Waals surface area contributed by atoms with Gasteiger partial charge in [-0.25, -0.2) is 0 Å². The zero-order valence-corrected chi connectivity index (χ0v) is 22.4. The maximum Gasteiger partial charge on any atom is 0.276 e. The number of aromatic nitrogens is 5. The van der Waals surface area contributed by atoms with E-state index in [-0.39, 0.29) is 18.0 Å².